The second kappa shape index (κ2) is 8.14. The van der Waals surface area contributed by atoms with Crippen molar-refractivity contribution in [3.05, 3.63) is 53.3 Å². The van der Waals surface area contributed by atoms with Gasteiger partial charge in [-0.25, -0.2) is 0 Å². The molecule has 0 spiro atoms. The van der Waals surface area contributed by atoms with Gasteiger partial charge in [-0.05, 0) is 44.6 Å². The van der Waals surface area contributed by atoms with E-state index < -0.39 is 0 Å². The Bertz CT molecular complexity index is 816. The molecule has 0 saturated carbocycles. The summed E-state index contributed by atoms with van der Waals surface area (Å²) in [5.74, 6) is 0.103. The molecule has 2 N–H and O–H groups in total. The summed E-state index contributed by atoms with van der Waals surface area (Å²) in [4.78, 5) is 27.1. The number of likely N-dealkylation sites (tertiary alicyclic amines) is 1. The highest BCUT2D eigenvalue weighted by Gasteiger charge is 2.29. The zero-order valence-electron chi connectivity index (χ0n) is 16.2. The molecule has 148 valence electrons. The van der Waals surface area contributed by atoms with Crippen LogP contribution in [0.3, 0.4) is 0 Å². The average molecular weight is 381 g/mol. The number of nitrogens with one attached hydrogen (secondary N) is 2. The molecule has 0 unspecified atom stereocenters. The predicted molar refractivity (Wildman–Crippen MR) is 106 cm³/mol. The van der Waals surface area contributed by atoms with E-state index in [4.69, 9.17) is 0 Å². The van der Waals surface area contributed by atoms with E-state index in [1.807, 2.05) is 41.1 Å². The van der Waals surface area contributed by atoms with Crippen molar-refractivity contribution in [2.24, 2.45) is 5.92 Å². The molecule has 0 bridgehead atoms. The molecule has 1 fully saturated rings. The Hall–Kier alpha value is -2.67. The van der Waals surface area contributed by atoms with Gasteiger partial charge in [-0.2, -0.15) is 5.10 Å². The van der Waals surface area contributed by atoms with E-state index in [2.05, 4.69) is 27.7 Å². The van der Waals surface area contributed by atoms with Gasteiger partial charge in [0.25, 0.3) is 5.91 Å². The van der Waals surface area contributed by atoms with Crippen LogP contribution in [-0.4, -0.2) is 52.7 Å². The molecule has 2 aliphatic heterocycles. The number of amides is 2. The monoisotopic (exact) mass is 381 g/mol. The number of hydrogen-bond donors (Lipinski definition) is 2. The third-order valence-corrected chi connectivity index (χ3v) is 5.68. The predicted octanol–water partition coefficient (Wildman–Crippen LogP) is 1.20. The van der Waals surface area contributed by atoms with Crippen LogP contribution in [0.2, 0.25) is 0 Å². The van der Waals surface area contributed by atoms with E-state index in [0.29, 0.717) is 18.8 Å². The first-order valence-electron chi connectivity index (χ1n) is 9.96. The number of piperidine rings is 1. The molecule has 7 nitrogen and oxygen atoms in total. The fourth-order valence-electron chi connectivity index (χ4n) is 3.97. The quantitative estimate of drug-likeness (QED) is 0.816. The Labute approximate surface area is 165 Å². The minimum absolute atomic E-state index is 0.0658. The van der Waals surface area contributed by atoms with Crippen LogP contribution < -0.4 is 10.6 Å². The molecular formula is C21H27N5O2. The SMILES string of the molecule is CN1CCC(C(=O)N[C@H]2Cc3cc(C(=O)NCc4ccccc4)nn3C2)CC1. The largest absolute Gasteiger partial charge is 0.351 e. The summed E-state index contributed by atoms with van der Waals surface area (Å²) in [6, 6.07) is 11.7. The summed E-state index contributed by atoms with van der Waals surface area (Å²) in [5, 5.41) is 10.5. The Morgan fingerprint density at radius 1 is 1.18 bits per heavy atom. The number of rotatable bonds is 5. The van der Waals surface area contributed by atoms with Crippen LogP contribution in [-0.2, 0) is 24.3 Å². The second-order valence-corrected chi connectivity index (χ2v) is 7.86. The van der Waals surface area contributed by atoms with Gasteiger partial charge in [0.05, 0.1) is 12.6 Å². The Morgan fingerprint density at radius 3 is 2.64 bits per heavy atom. The molecule has 2 aromatic rings. The van der Waals surface area contributed by atoms with Gasteiger partial charge in [-0.3, -0.25) is 14.3 Å². The molecule has 1 atom stereocenters. The summed E-state index contributed by atoms with van der Waals surface area (Å²) in [6.45, 7) is 3.06. The van der Waals surface area contributed by atoms with Gasteiger partial charge in [-0.15, -0.1) is 0 Å². The van der Waals surface area contributed by atoms with Crippen LogP contribution in [0, 0.1) is 5.92 Å². The lowest BCUT2D eigenvalue weighted by atomic mass is 9.96. The van der Waals surface area contributed by atoms with Crippen molar-refractivity contribution >= 4 is 11.8 Å². The van der Waals surface area contributed by atoms with Crippen molar-refractivity contribution in [3.63, 3.8) is 0 Å². The number of hydrogen-bond acceptors (Lipinski definition) is 4. The highest BCUT2D eigenvalue weighted by Crippen LogP contribution is 2.19. The van der Waals surface area contributed by atoms with Gasteiger partial charge in [0.15, 0.2) is 0 Å². The van der Waals surface area contributed by atoms with E-state index in [1.165, 1.54) is 0 Å². The maximum atomic E-state index is 12.5. The van der Waals surface area contributed by atoms with Gasteiger partial charge in [0.2, 0.25) is 5.91 Å². The van der Waals surface area contributed by atoms with Gasteiger partial charge in [-0.1, -0.05) is 30.3 Å². The highest BCUT2D eigenvalue weighted by atomic mass is 16.2. The highest BCUT2D eigenvalue weighted by molar-refractivity contribution is 5.92. The topological polar surface area (TPSA) is 79.3 Å². The first-order chi connectivity index (χ1) is 13.6. The van der Waals surface area contributed by atoms with Crippen molar-refractivity contribution in [2.75, 3.05) is 20.1 Å². The normalized spacial score (nSPS) is 20.0. The maximum absolute atomic E-state index is 12.5. The molecule has 2 amide bonds. The lowest BCUT2D eigenvalue weighted by Crippen LogP contribution is -2.43. The number of nitrogens with zero attached hydrogens (tertiary/aromatic N) is 3. The molecule has 2 aliphatic rings. The number of carbonyl (C=O) groups is 2. The zero-order valence-corrected chi connectivity index (χ0v) is 16.2. The molecule has 0 aliphatic carbocycles. The molecule has 7 heteroatoms. The summed E-state index contributed by atoms with van der Waals surface area (Å²) >= 11 is 0. The molecule has 1 saturated heterocycles. The van der Waals surface area contributed by atoms with Crippen LogP contribution in [0.4, 0.5) is 0 Å². The minimum Gasteiger partial charge on any atom is -0.351 e. The number of aromatic nitrogens is 2. The van der Waals surface area contributed by atoms with E-state index in [1.54, 1.807) is 0 Å². The van der Waals surface area contributed by atoms with Crippen molar-refractivity contribution in [3.8, 4) is 0 Å². The van der Waals surface area contributed by atoms with Crippen LogP contribution in [0.25, 0.3) is 0 Å². The van der Waals surface area contributed by atoms with E-state index >= 15 is 0 Å². The Kier molecular flexibility index (Phi) is 5.43. The maximum Gasteiger partial charge on any atom is 0.272 e. The lowest BCUT2D eigenvalue weighted by molar-refractivity contribution is -0.127. The van der Waals surface area contributed by atoms with Gasteiger partial charge < -0.3 is 15.5 Å². The molecule has 4 rings (SSSR count). The van der Waals surface area contributed by atoms with Crippen molar-refractivity contribution in [1.29, 1.82) is 0 Å². The fraction of sp³-hybridized carbons (Fsp3) is 0.476. The first-order valence-corrected chi connectivity index (χ1v) is 9.96. The third kappa shape index (κ3) is 4.25. The smallest absolute Gasteiger partial charge is 0.272 e. The van der Waals surface area contributed by atoms with E-state index in [-0.39, 0.29) is 23.8 Å². The zero-order chi connectivity index (χ0) is 19.5. The minimum atomic E-state index is -0.169. The van der Waals surface area contributed by atoms with Crippen molar-refractivity contribution in [2.45, 2.75) is 38.4 Å². The third-order valence-electron chi connectivity index (χ3n) is 5.68. The van der Waals surface area contributed by atoms with E-state index in [9.17, 15) is 9.59 Å². The Morgan fingerprint density at radius 2 is 1.93 bits per heavy atom. The molecule has 28 heavy (non-hydrogen) atoms. The summed E-state index contributed by atoms with van der Waals surface area (Å²) in [7, 11) is 2.09. The van der Waals surface area contributed by atoms with Crippen LogP contribution in [0.15, 0.2) is 36.4 Å². The number of carbonyl (C=O) groups excluding carboxylic acids is 2. The Balaban J connectivity index is 1.28. The average Bonchev–Trinajstić information content (AvgIpc) is 3.26. The molecule has 1 aromatic heterocycles. The summed E-state index contributed by atoms with van der Waals surface area (Å²) in [6.07, 6.45) is 2.56. The van der Waals surface area contributed by atoms with Crippen LogP contribution in [0.1, 0.15) is 34.6 Å². The van der Waals surface area contributed by atoms with Gasteiger partial charge >= 0.3 is 0 Å². The first kappa shape index (κ1) is 18.7. The molecule has 0 radical (unpaired) electrons. The molecular weight excluding hydrogens is 354 g/mol. The molecule has 1 aromatic carbocycles. The number of fused-ring (bicyclic) bond motifs is 1. The van der Waals surface area contributed by atoms with Gasteiger partial charge in [0, 0.05) is 24.6 Å². The van der Waals surface area contributed by atoms with Crippen LogP contribution in [0.5, 0.6) is 0 Å². The second-order valence-electron chi connectivity index (χ2n) is 7.86. The van der Waals surface area contributed by atoms with Crippen LogP contribution >= 0.6 is 0 Å². The fourth-order valence-corrected chi connectivity index (χ4v) is 3.97. The summed E-state index contributed by atoms with van der Waals surface area (Å²) in [5.41, 5.74) is 2.49. The number of benzene rings is 1. The molecule has 3 heterocycles. The van der Waals surface area contributed by atoms with Gasteiger partial charge in [0.1, 0.15) is 5.69 Å². The lowest BCUT2D eigenvalue weighted by Gasteiger charge is -2.28. The van der Waals surface area contributed by atoms with Crippen molar-refractivity contribution < 1.29 is 9.59 Å². The summed E-state index contributed by atoms with van der Waals surface area (Å²) < 4.78 is 1.84. The van der Waals surface area contributed by atoms with Crippen molar-refractivity contribution in [1.82, 2.24) is 25.3 Å². The van der Waals surface area contributed by atoms with E-state index in [0.717, 1.165) is 43.6 Å². The standard InChI is InChI=1S/C21H27N5O2/c1-25-9-7-16(8-10-25)20(27)23-17-11-18-12-19(24-26(18)14-17)21(28)22-13-15-5-3-2-4-6-15/h2-6,12,16-17H,7-11,13-14H2,1H3,(H,22,28)(H,23,27)/t17-/m0/s1.